The maximum Gasteiger partial charge on any atom is 0.270 e. The Morgan fingerprint density at radius 3 is 2.61 bits per heavy atom. The van der Waals surface area contributed by atoms with E-state index in [1.807, 2.05) is 43.3 Å². The zero-order valence-electron chi connectivity index (χ0n) is 16.3. The van der Waals surface area contributed by atoms with Crippen molar-refractivity contribution in [2.24, 2.45) is 0 Å². The highest BCUT2D eigenvalue weighted by atomic mass is 16.5. The van der Waals surface area contributed by atoms with Crippen LogP contribution >= 0.6 is 0 Å². The van der Waals surface area contributed by atoms with Crippen molar-refractivity contribution in [3.05, 3.63) is 77.2 Å². The van der Waals surface area contributed by atoms with Gasteiger partial charge in [0, 0.05) is 18.3 Å². The Kier molecular flexibility index (Phi) is 6.22. The number of hydrogen-bond donors (Lipinski definition) is 2. The predicted octanol–water partition coefficient (Wildman–Crippen LogP) is 3.82. The fourth-order valence-corrected chi connectivity index (χ4v) is 2.78. The third-order valence-electron chi connectivity index (χ3n) is 4.63. The van der Waals surface area contributed by atoms with Gasteiger partial charge in [-0.05, 0) is 55.2 Å². The van der Waals surface area contributed by atoms with Gasteiger partial charge < -0.3 is 15.4 Å². The summed E-state index contributed by atoms with van der Waals surface area (Å²) in [5, 5.41) is 6.16. The van der Waals surface area contributed by atoms with E-state index in [2.05, 4.69) is 33.6 Å². The first-order valence-electron chi connectivity index (χ1n) is 9.13. The number of nitrogens with zero attached hydrogens (tertiary/aromatic N) is 2. The van der Waals surface area contributed by atoms with Crippen LogP contribution in [0.25, 0.3) is 0 Å². The third-order valence-corrected chi connectivity index (χ3v) is 4.63. The van der Waals surface area contributed by atoms with Crippen LogP contribution in [0, 0.1) is 13.8 Å². The van der Waals surface area contributed by atoms with Crippen molar-refractivity contribution >= 4 is 17.4 Å². The second-order valence-corrected chi connectivity index (χ2v) is 6.51. The number of aromatic nitrogens is 2. The highest BCUT2D eigenvalue weighted by Crippen LogP contribution is 2.21. The molecule has 0 radical (unpaired) electrons. The van der Waals surface area contributed by atoms with Crippen LogP contribution in [0.3, 0.4) is 0 Å². The van der Waals surface area contributed by atoms with Crippen LogP contribution in [-0.2, 0) is 6.42 Å². The summed E-state index contributed by atoms with van der Waals surface area (Å²) in [6, 6.07) is 15.5. The maximum atomic E-state index is 12.4. The number of methoxy groups -OCH3 is 1. The summed E-state index contributed by atoms with van der Waals surface area (Å²) < 4.78 is 5.15. The van der Waals surface area contributed by atoms with E-state index in [9.17, 15) is 4.79 Å². The molecular weight excluding hydrogens is 352 g/mol. The quantitative estimate of drug-likeness (QED) is 0.656. The summed E-state index contributed by atoms with van der Waals surface area (Å²) in [6.07, 6.45) is 2.13. The molecule has 28 heavy (non-hydrogen) atoms. The normalized spacial score (nSPS) is 10.4. The molecule has 2 aromatic carbocycles. The highest BCUT2D eigenvalue weighted by molar-refractivity contribution is 5.93. The topological polar surface area (TPSA) is 76.1 Å². The Bertz CT molecular complexity index is 955. The summed E-state index contributed by atoms with van der Waals surface area (Å²) in [6.45, 7) is 4.63. The van der Waals surface area contributed by atoms with Gasteiger partial charge in [0.1, 0.15) is 23.6 Å². The van der Waals surface area contributed by atoms with E-state index >= 15 is 0 Å². The SMILES string of the molecule is COc1ccc(CCNC(=O)c2cc(Nc3cccc(C)c3C)ncn2)cc1. The largest absolute Gasteiger partial charge is 0.497 e. The Hall–Kier alpha value is -3.41. The number of carbonyl (C=O) groups is 1. The van der Waals surface area contributed by atoms with Crippen molar-refractivity contribution in [2.45, 2.75) is 20.3 Å². The first kappa shape index (κ1) is 19.4. The molecule has 0 atom stereocenters. The van der Waals surface area contributed by atoms with Gasteiger partial charge in [0.15, 0.2) is 0 Å². The van der Waals surface area contributed by atoms with Crippen LogP contribution in [0.4, 0.5) is 11.5 Å². The molecule has 2 N–H and O–H groups in total. The Labute approximate surface area is 165 Å². The van der Waals surface area contributed by atoms with Crippen molar-refractivity contribution < 1.29 is 9.53 Å². The molecule has 1 aromatic heterocycles. The molecule has 144 valence electrons. The molecule has 0 aliphatic carbocycles. The summed E-state index contributed by atoms with van der Waals surface area (Å²) in [4.78, 5) is 20.7. The molecule has 0 unspecified atom stereocenters. The zero-order chi connectivity index (χ0) is 19.9. The van der Waals surface area contributed by atoms with E-state index in [1.54, 1.807) is 13.2 Å². The van der Waals surface area contributed by atoms with Gasteiger partial charge in [0.2, 0.25) is 0 Å². The Morgan fingerprint density at radius 1 is 1.07 bits per heavy atom. The number of rotatable bonds is 7. The van der Waals surface area contributed by atoms with Crippen molar-refractivity contribution in [1.29, 1.82) is 0 Å². The minimum Gasteiger partial charge on any atom is -0.497 e. The van der Waals surface area contributed by atoms with E-state index in [4.69, 9.17) is 4.74 Å². The lowest BCUT2D eigenvalue weighted by Crippen LogP contribution is -2.26. The number of anilines is 2. The number of aryl methyl sites for hydroxylation is 1. The van der Waals surface area contributed by atoms with Crippen LogP contribution in [0.2, 0.25) is 0 Å². The fraction of sp³-hybridized carbons (Fsp3) is 0.227. The van der Waals surface area contributed by atoms with Gasteiger partial charge in [0.25, 0.3) is 5.91 Å². The first-order chi connectivity index (χ1) is 13.6. The molecule has 1 heterocycles. The van der Waals surface area contributed by atoms with Crippen LogP contribution < -0.4 is 15.4 Å². The van der Waals surface area contributed by atoms with Gasteiger partial charge in [-0.3, -0.25) is 4.79 Å². The van der Waals surface area contributed by atoms with E-state index in [-0.39, 0.29) is 5.91 Å². The van der Waals surface area contributed by atoms with Crippen LogP contribution in [-0.4, -0.2) is 29.5 Å². The molecule has 3 rings (SSSR count). The first-order valence-corrected chi connectivity index (χ1v) is 9.13. The highest BCUT2D eigenvalue weighted by Gasteiger charge is 2.09. The third kappa shape index (κ3) is 4.85. The number of carbonyl (C=O) groups excluding carboxylic acids is 1. The lowest BCUT2D eigenvalue weighted by Gasteiger charge is -2.11. The number of hydrogen-bond acceptors (Lipinski definition) is 5. The van der Waals surface area contributed by atoms with Crippen molar-refractivity contribution in [3.63, 3.8) is 0 Å². The van der Waals surface area contributed by atoms with Crippen LogP contribution in [0.5, 0.6) is 5.75 Å². The van der Waals surface area contributed by atoms with E-state index in [0.29, 0.717) is 18.1 Å². The van der Waals surface area contributed by atoms with Gasteiger partial charge in [-0.1, -0.05) is 24.3 Å². The van der Waals surface area contributed by atoms with Gasteiger partial charge in [-0.15, -0.1) is 0 Å². The minimum absolute atomic E-state index is 0.222. The van der Waals surface area contributed by atoms with Gasteiger partial charge >= 0.3 is 0 Å². The van der Waals surface area contributed by atoms with Crippen LogP contribution in [0.1, 0.15) is 27.2 Å². The zero-order valence-corrected chi connectivity index (χ0v) is 16.3. The van der Waals surface area contributed by atoms with Crippen molar-refractivity contribution in [2.75, 3.05) is 19.0 Å². The summed E-state index contributed by atoms with van der Waals surface area (Å²) in [7, 11) is 1.64. The van der Waals surface area contributed by atoms with Crippen molar-refractivity contribution in [3.8, 4) is 5.75 Å². The summed E-state index contributed by atoms with van der Waals surface area (Å²) >= 11 is 0. The predicted molar refractivity (Wildman–Crippen MR) is 110 cm³/mol. The standard InChI is InChI=1S/C22H24N4O2/c1-15-5-4-6-19(16(15)2)26-21-13-20(24-14-25-21)22(27)23-12-11-17-7-9-18(28-3)10-8-17/h4-10,13-14H,11-12H2,1-3H3,(H,23,27)(H,24,25,26). The molecule has 1 amide bonds. The molecule has 0 saturated heterocycles. The maximum absolute atomic E-state index is 12.4. The summed E-state index contributed by atoms with van der Waals surface area (Å²) in [5.74, 6) is 1.18. The Balaban J connectivity index is 1.59. The number of benzene rings is 2. The molecule has 0 fully saturated rings. The summed E-state index contributed by atoms with van der Waals surface area (Å²) in [5.41, 5.74) is 4.75. The molecular formula is C22H24N4O2. The monoisotopic (exact) mass is 376 g/mol. The molecule has 0 spiro atoms. The van der Waals surface area contributed by atoms with Crippen molar-refractivity contribution in [1.82, 2.24) is 15.3 Å². The number of amides is 1. The van der Waals surface area contributed by atoms with E-state index in [0.717, 1.165) is 29.0 Å². The average Bonchev–Trinajstić information content (AvgIpc) is 2.72. The Morgan fingerprint density at radius 2 is 1.86 bits per heavy atom. The van der Waals surface area contributed by atoms with E-state index in [1.165, 1.54) is 11.9 Å². The van der Waals surface area contributed by atoms with E-state index < -0.39 is 0 Å². The smallest absolute Gasteiger partial charge is 0.270 e. The van der Waals surface area contributed by atoms with Gasteiger partial charge in [-0.2, -0.15) is 0 Å². The van der Waals surface area contributed by atoms with Gasteiger partial charge in [-0.25, -0.2) is 9.97 Å². The molecule has 6 heteroatoms. The molecule has 6 nitrogen and oxygen atoms in total. The number of ether oxygens (including phenoxy) is 1. The number of nitrogens with one attached hydrogen (secondary N) is 2. The lowest BCUT2D eigenvalue weighted by molar-refractivity contribution is 0.0949. The molecule has 0 bridgehead atoms. The van der Waals surface area contributed by atoms with Gasteiger partial charge in [0.05, 0.1) is 7.11 Å². The average molecular weight is 376 g/mol. The minimum atomic E-state index is -0.222. The fourth-order valence-electron chi connectivity index (χ4n) is 2.78. The second-order valence-electron chi connectivity index (χ2n) is 6.51. The molecule has 0 aliphatic rings. The van der Waals surface area contributed by atoms with Crippen LogP contribution in [0.15, 0.2) is 54.9 Å². The molecule has 0 saturated carbocycles. The lowest BCUT2D eigenvalue weighted by atomic mass is 10.1. The second kappa shape index (κ2) is 8.99. The molecule has 3 aromatic rings. The molecule has 0 aliphatic heterocycles.